The quantitative estimate of drug-likeness (QED) is 0.810. The summed E-state index contributed by atoms with van der Waals surface area (Å²) in [6.45, 7) is 9.90. The summed E-state index contributed by atoms with van der Waals surface area (Å²) in [6.07, 6.45) is 0.843. The lowest BCUT2D eigenvalue weighted by Gasteiger charge is -2.17. The van der Waals surface area contributed by atoms with Gasteiger partial charge in [-0.2, -0.15) is 0 Å². The summed E-state index contributed by atoms with van der Waals surface area (Å²) in [7, 11) is 0. The minimum absolute atomic E-state index is 0.0555. The number of carbonyl (C=O) groups is 2. The van der Waals surface area contributed by atoms with Crippen LogP contribution in [0.1, 0.15) is 54.1 Å². The van der Waals surface area contributed by atoms with Crippen molar-refractivity contribution in [2.75, 3.05) is 6.54 Å². The highest BCUT2D eigenvalue weighted by Gasteiger charge is 2.21. The first-order valence-electron chi connectivity index (χ1n) is 7.28. The van der Waals surface area contributed by atoms with Crippen molar-refractivity contribution in [3.05, 3.63) is 22.6 Å². The van der Waals surface area contributed by atoms with Gasteiger partial charge in [-0.3, -0.25) is 9.59 Å². The molecule has 0 aromatic carbocycles. The Hall–Kier alpha value is -1.78. The van der Waals surface area contributed by atoms with Crippen molar-refractivity contribution in [3.8, 4) is 0 Å². The van der Waals surface area contributed by atoms with Gasteiger partial charge in [-0.05, 0) is 39.0 Å². The van der Waals surface area contributed by atoms with Crippen LogP contribution in [0.15, 0.2) is 4.42 Å². The second kappa shape index (κ2) is 7.29. The molecule has 1 atom stereocenters. The van der Waals surface area contributed by atoms with E-state index in [4.69, 9.17) is 9.52 Å². The van der Waals surface area contributed by atoms with Crippen molar-refractivity contribution in [3.63, 3.8) is 0 Å². The van der Waals surface area contributed by atoms with Crippen molar-refractivity contribution in [1.82, 2.24) is 5.32 Å². The number of carboxylic acids is 1. The standard InChI is InChI=1S/C16H25NO4/c1-9(2)6-13(7-14(18)19)8-17-16(20)15-10(3)11(4)21-12(15)5/h9,13H,6-8H2,1-5H3,(H,17,20)(H,18,19)/t13-/m0/s1. The van der Waals surface area contributed by atoms with Crippen LogP contribution in [-0.2, 0) is 4.79 Å². The Balaban J connectivity index is 2.70. The maximum absolute atomic E-state index is 12.3. The molecule has 0 aliphatic carbocycles. The molecule has 0 radical (unpaired) electrons. The molecule has 0 bridgehead atoms. The first-order valence-corrected chi connectivity index (χ1v) is 7.28. The molecular weight excluding hydrogens is 270 g/mol. The highest BCUT2D eigenvalue weighted by Crippen LogP contribution is 2.21. The second-order valence-electron chi connectivity index (χ2n) is 6.02. The van der Waals surface area contributed by atoms with E-state index in [9.17, 15) is 9.59 Å². The predicted molar refractivity (Wildman–Crippen MR) is 80.5 cm³/mol. The van der Waals surface area contributed by atoms with E-state index >= 15 is 0 Å². The van der Waals surface area contributed by atoms with E-state index in [1.54, 1.807) is 6.92 Å². The number of carboxylic acid groups (broad SMARTS) is 1. The largest absolute Gasteiger partial charge is 0.481 e. The van der Waals surface area contributed by atoms with Gasteiger partial charge in [0.2, 0.25) is 0 Å². The van der Waals surface area contributed by atoms with Crippen molar-refractivity contribution in [2.24, 2.45) is 11.8 Å². The summed E-state index contributed by atoms with van der Waals surface area (Å²) in [5, 5.41) is 11.8. The molecular formula is C16H25NO4. The molecule has 5 heteroatoms. The Kier molecular flexibility index (Phi) is 6.00. The fraction of sp³-hybridized carbons (Fsp3) is 0.625. The topological polar surface area (TPSA) is 79.5 Å². The summed E-state index contributed by atoms with van der Waals surface area (Å²) in [5.74, 6) is 0.649. The van der Waals surface area contributed by atoms with Crippen LogP contribution in [0.4, 0.5) is 0 Å². The van der Waals surface area contributed by atoms with Crippen molar-refractivity contribution in [1.29, 1.82) is 0 Å². The van der Waals surface area contributed by atoms with Gasteiger partial charge in [0.1, 0.15) is 11.5 Å². The molecule has 1 rings (SSSR count). The van der Waals surface area contributed by atoms with Crippen molar-refractivity contribution in [2.45, 2.75) is 47.5 Å². The minimum Gasteiger partial charge on any atom is -0.481 e. The molecule has 0 saturated carbocycles. The van der Waals surface area contributed by atoms with Crippen LogP contribution in [0.2, 0.25) is 0 Å². The first-order chi connectivity index (χ1) is 9.72. The van der Waals surface area contributed by atoms with Gasteiger partial charge in [0.05, 0.1) is 5.56 Å². The van der Waals surface area contributed by atoms with E-state index in [0.29, 0.717) is 23.8 Å². The summed E-state index contributed by atoms with van der Waals surface area (Å²) in [4.78, 5) is 23.1. The molecule has 1 heterocycles. The van der Waals surface area contributed by atoms with E-state index < -0.39 is 5.97 Å². The molecule has 2 N–H and O–H groups in total. The molecule has 0 aliphatic heterocycles. The van der Waals surface area contributed by atoms with Crippen LogP contribution in [0.25, 0.3) is 0 Å². The SMILES string of the molecule is Cc1oc(C)c(C(=O)NC[C@H](CC(=O)O)CC(C)C)c1C. The zero-order valence-electron chi connectivity index (χ0n) is 13.4. The molecule has 5 nitrogen and oxygen atoms in total. The van der Waals surface area contributed by atoms with Gasteiger partial charge in [0.25, 0.3) is 5.91 Å². The molecule has 1 aromatic rings. The third-order valence-electron chi connectivity index (χ3n) is 3.61. The van der Waals surface area contributed by atoms with Crippen molar-refractivity contribution >= 4 is 11.9 Å². The molecule has 0 unspecified atom stereocenters. The Morgan fingerprint density at radius 1 is 1.19 bits per heavy atom. The molecule has 0 fully saturated rings. The number of hydrogen-bond donors (Lipinski definition) is 2. The number of aliphatic carboxylic acids is 1. The van der Waals surface area contributed by atoms with E-state index in [0.717, 1.165) is 17.7 Å². The van der Waals surface area contributed by atoms with Crippen LogP contribution in [0.3, 0.4) is 0 Å². The third-order valence-corrected chi connectivity index (χ3v) is 3.61. The maximum atomic E-state index is 12.3. The van der Waals surface area contributed by atoms with Gasteiger partial charge in [0, 0.05) is 18.5 Å². The monoisotopic (exact) mass is 295 g/mol. The second-order valence-corrected chi connectivity index (χ2v) is 6.02. The molecule has 1 aromatic heterocycles. The lowest BCUT2D eigenvalue weighted by molar-refractivity contribution is -0.138. The van der Waals surface area contributed by atoms with Gasteiger partial charge in [-0.1, -0.05) is 13.8 Å². The summed E-state index contributed by atoms with van der Waals surface area (Å²) < 4.78 is 5.45. The number of carbonyl (C=O) groups excluding carboxylic acids is 1. The lowest BCUT2D eigenvalue weighted by Crippen LogP contribution is -2.31. The molecule has 0 aliphatic rings. The van der Waals surface area contributed by atoms with Crippen LogP contribution in [-0.4, -0.2) is 23.5 Å². The Morgan fingerprint density at radius 2 is 1.81 bits per heavy atom. The smallest absolute Gasteiger partial charge is 0.303 e. The van der Waals surface area contributed by atoms with Crippen LogP contribution in [0.5, 0.6) is 0 Å². The minimum atomic E-state index is -0.832. The van der Waals surface area contributed by atoms with Crippen molar-refractivity contribution < 1.29 is 19.1 Å². The fourth-order valence-corrected chi connectivity index (χ4v) is 2.61. The zero-order valence-corrected chi connectivity index (χ0v) is 13.4. The molecule has 0 spiro atoms. The van der Waals surface area contributed by atoms with Crippen LogP contribution < -0.4 is 5.32 Å². The molecule has 1 amide bonds. The average Bonchev–Trinajstić information content (AvgIpc) is 2.58. The summed E-state index contributed by atoms with van der Waals surface area (Å²) in [5.41, 5.74) is 1.40. The van der Waals surface area contributed by atoms with E-state index in [1.165, 1.54) is 0 Å². The number of amides is 1. The predicted octanol–water partition coefficient (Wildman–Crippen LogP) is 3.07. The highest BCUT2D eigenvalue weighted by molar-refractivity contribution is 5.96. The van der Waals surface area contributed by atoms with E-state index in [1.807, 2.05) is 27.7 Å². The number of aryl methyl sites for hydroxylation is 2. The normalized spacial score (nSPS) is 12.5. The average molecular weight is 295 g/mol. The van der Waals surface area contributed by atoms with Crippen LogP contribution in [0, 0.1) is 32.6 Å². The molecule has 118 valence electrons. The van der Waals surface area contributed by atoms with Gasteiger partial charge in [0.15, 0.2) is 0 Å². The number of furan rings is 1. The van der Waals surface area contributed by atoms with Gasteiger partial charge in [-0.25, -0.2) is 0 Å². The highest BCUT2D eigenvalue weighted by atomic mass is 16.4. The molecule has 0 saturated heterocycles. The first kappa shape index (κ1) is 17.3. The van der Waals surface area contributed by atoms with E-state index in [2.05, 4.69) is 5.32 Å². The van der Waals surface area contributed by atoms with Crippen LogP contribution >= 0.6 is 0 Å². The zero-order chi connectivity index (χ0) is 16.2. The fourth-order valence-electron chi connectivity index (χ4n) is 2.61. The van der Waals surface area contributed by atoms with Gasteiger partial charge >= 0.3 is 5.97 Å². The Morgan fingerprint density at radius 3 is 2.24 bits per heavy atom. The third kappa shape index (κ3) is 4.92. The Labute approximate surface area is 125 Å². The molecule has 21 heavy (non-hydrogen) atoms. The Bertz CT molecular complexity index is 517. The number of hydrogen-bond acceptors (Lipinski definition) is 3. The summed E-state index contributed by atoms with van der Waals surface area (Å²) in [6, 6.07) is 0. The summed E-state index contributed by atoms with van der Waals surface area (Å²) >= 11 is 0. The lowest BCUT2D eigenvalue weighted by atomic mass is 9.94. The van der Waals surface area contributed by atoms with E-state index in [-0.39, 0.29) is 18.2 Å². The van der Waals surface area contributed by atoms with Gasteiger partial charge < -0.3 is 14.8 Å². The number of rotatable bonds is 7. The maximum Gasteiger partial charge on any atom is 0.303 e. The van der Waals surface area contributed by atoms with Gasteiger partial charge in [-0.15, -0.1) is 0 Å². The number of nitrogens with one attached hydrogen (secondary N) is 1.